The number of hydrogen-bond acceptors (Lipinski definition) is 5. The zero-order chi connectivity index (χ0) is 17.8. The molecule has 0 aliphatic heterocycles. The summed E-state index contributed by atoms with van der Waals surface area (Å²) in [6.45, 7) is 6.13. The van der Waals surface area contributed by atoms with Crippen LogP contribution in [0.1, 0.15) is 31.9 Å². The van der Waals surface area contributed by atoms with Crippen molar-refractivity contribution in [3.05, 3.63) is 64.0 Å². The van der Waals surface area contributed by atoms with Gasteiger partial charge in [0.05, 0.1) is 17.0 Å². The van der Waals surface area contributed by atoms with E-state index in [1.807, 2.05) is 57.2 Å². The summed E-state index contributed by atoms with van der Waals surface area (Å²) in [6, 6.07) is 13.5. The number of aryl methyl sites for hydroxylation is 1. The molecule has 0 saturated carbocycles. The van der Waals surface area contributed by atoms with Crippen LogP contribution in [0.5, 0.6) is 11.8 Å². The van der Waals surface area contributed by atoms with Gasteiger partial charge in [-0.2, -0.15) is 4.98 Å². The van der Waals surface area contributed by atoms with E-state index in [1.165, 1.54) is 0 Å². The first kappa shape index (κ1) is 17.0. The molecule has 2 aromatic carbocycles. The summed E-state index contributed by atoms with van der Waals surface area (Å²) in [6.07, 6.45) is 0.529. The second-order valence-corrected chi connectivity index (χ2v) is 6.04. The molecule has 1 heterocycles. The third kappa shape index (κ3) is 3.99. The van der Waals surface area contributed by atoms with Crippen LogP contribution in [0.15, 0.2) is 51.7 Å². The van der Waals surface area contributed by atoms with E-state index < -0.39 is 5.63 Å². The minimum atomic E-state index is -0.438. The summed E-state index contributed by atoms with van der Waals surface area (Å²) < 4.78 is 16.5. The molecule has 0 saturated heterocycles. The maximum atomic E-state index is 12.3. The second kappa shape index (κ2) is 7.38. The average Bonchev–Trinajstić information content (AvgIpc) is 2.59. The van der Waals surface area contributed by atoms with E-state index in [0.717, 1.165) is 11.1 Å². The van der Waals surface area contributed by atoms with Gasteiger partial charge in [0.1, 0.15) is 12.4 Å². The van der Waals surface area contributed by atoms with Crippen LogP contribution in [0.4, 0.5) is 0 Å². The van der Waals surface area contributed by atoms with E-state index in [0.29, 0.717) is 29.7 Å². The molecule has 5 nitrogen and oxygen atoms in total. The Kier molecular flexibility index (Phi) is 5.03. The van der Waals surface area contributed by atoms with Gasteiger partial charge in [-0.1, -0.05) is 37.3 Å². The Hall–Kier alpha value is -2.82. The summed E-state index contributed by atoms with van der Waals surface area (Å²) >= 11 is 0. The lowest BCUT2D eigenvalue weighted by Gasteiger charge is -2.11. The molecule has 0 radical (unpaired) electrons. The lowest BCUT2D eigenvalue weighted by Crippen LogP contribution is -2.12. The molecule has 25 heavy (non-hydrogen) atoms. The molecule has 0 N–H and O–H groups in total. The highest BCUT2D eigenvalue weighted by Crippen LogP contribution is 2.25. The molecule has 130 valence electrons. The first-order chi connectivity index (χ1) is 12.1. The van der Waals surface area contributed by atoms with Crippen LogP contribution in [0.2, 0.25) is 0 Å². The van der Waals surface area contributed by atoms with Crippen LogP contribution in [0.25, 0.3) is 10.9 Å². The molecule has 0 bridgehead atoms. The Morgan fingerprint density at radius 2 is 1.92 bits per heavy atom. The van der Waals surface area contributed by atoms with Crippen LogP contribution >= 0.6 is 0 Å². The molecule has 0 amide bonds. The van der Waals surface area contributed by atoms with Crippen molar-refractivity contribution >= 4 is 10.9 Å². The summed E-state index contributed by atoms with van der Waals surface area (Å²) in [7, 11) is 0. The van der Waals surface area contributed by atoms with E-state index in [1.54, 1.807) is 6.07 Å². The number of rotatable bonds is 6. The van der Waals surface area contributed by atoms with E-state index in [-0.39, 0.29) is 12.2 Å². The molecule has 5 heteroatoms. The topological polar surface area (TPSA) is 61.6 Å². The fraction of sp³-hybridized carbons (Fsp3) is 0.300. The number of benzene rings is 2. The Labute approximate surface area is 146 Å². The van der Waals surface area contributed by atoms with Crippen LogP contribution in [0.3, 0.4) is 0 Å². The Morgan fingerprint density at radius 3 is 2.60 bits per heavy atom. The quantitative estimate of drug-likeness (QED) is 0.676. The van der Waals surface area contributed by atoms with E-state index in [4.69, 9.17) is 13.9 Å². The molecule has 1 aromatic heterocycles. The van der Waals surface area contributed by atoms with Crippen molar-refractivity contribution in [2.75, 3.05) is 0 Å². The van der Waals surface area contributed by atoms with Crippen LogP contribution < -0.4 is 15.1 Å². The fourth-order valence-corrected chi connectivity index (χ4v) is 2.59. The molecule has 0 unspecified atom stereocenters. The molecular formula is C20H21NO4. The lowest BCUT2D eigenvalue weighted by molar-refractivity contribution is 0.166. The summed E-state index contributed by atoms with van der Waals surface area (Å²) in [5.41, 5.74) is 2.00. The average molecular weight is 339 g/mol. The van der Waals surface area contributed by atoms with Gasteiger partial charge in [0.25, 0.3) is 0 Å². The van der Waals surface area contributed by atoms with Gasteiger partial charge < -0.3 is 13.9 Å². The number of hydrogen-bond donors (Lipinski definition) is 0. The number of fused-ring (bicyclic) bond motifs is 1. The standard InChI is InChI=1S/C20H21NO4/c1-4-15-10-16(23-12-14-8-6-5-7-9-14)11-17-18(15)19(22)25-20(21-17)24-13(2)3/h5-11,13H,4,12H2,1-3H3. The number of aromatic nitrogens is 1. The molecule has 3 rings (SSSR count). The molecule has 0 aliphatic rings. The molecule has 0 fully saturated rings. The van der Waals surface area contributed by atoms with Crippen molar-refractivity contribution in [3.8, 4) is 11.8 Å². The number of nitrogens with zero attached hydrogens (tertiary/aromatic N) is 1. The van der Waals surface area contributed by atoms with Crippen LogP contribution in [-0.4, -0.2) is 11.1 Å². The SMILES string of the molecule is CCc1cc(OCc2ccccc2)cc2nc(OC(C)C)oc(=O)c12. The minimum absolute atomic E-state index is 0.0187. The van der Waals surface area contributed by atoms with Gasteiger partial charge in [0.15, 0.2) is 0 Å². The Bertz CT molecular complexity index is 916. The van der Waals surface area contributed by atoms with E-state index in [2.05, 4.69) is 4.98 Å². The Balaban J connectivity index is 1.98. The number of ether oxygens (including phenoxy) is 2. The van der Waals surface area contributed by atoms with Gasteiger partial charge in [-0.15, -0.1) is 0 Å². The maximum absolute atomic E-state index is 12.3. The third-order valence-corrected chi connectivity index (χ3v) is 3.73. The molecule has 0 aliphatic carbocycles. The van der Waals surface area contributed by atoms with Gasteiger partial charge in [-0.25, -0.2) is 4.79 Å². The monoisotopic (exact) mass is 339 g/mol. The van der Waals surface area contributed by atoms with Crippen molar-refractivity contribution in [3.63, 3.8) is 0 Å². The largest absolute Gasteiger partial charge is 0.489 e. The van der Waals surface area contributed by atoms with Crippen molar-refractivity contribution < 1.29 is 13.9 Å². The van der Waals surface area contributed by atoms with Crippen molar-refractivity contribution in [2.24, 2.45) is 0 Å². The lowest BCUT2D eigenvalue weighted by atomic mass is 10.1. The van der Waals surface area contributed by atoms with Gasteiger partial charge in [0.2, 0.25) is 0 Å². The third-order valence-electron chi connectivity index (χ3n) is 3.73. The van der Waals surface area contributed by atoms with Crippen LogP contribution in [-0.2, 0) is 13.0 Å². The van der Waals surface area contributed by atoms with Crippen LogP contribution in [0, 0.1) is 0 Å². The smallest absolute Gasteiger partial charge is 0.397 e. The normalized spacial score (nSPS) is 11.0. The molecule has 0 atom stereocenters. The zero-order valence-corrected chi connectivity index (χ0v) is 14.6. The first-order valence-electron chi connectivity index (χ1n) is 8.38. The summed E-state index contributed by atoms with van der Waals surface area (Å²) in [5.74, 6) is 0.668. The van der Waals surface area contributed by atoms with Gasteiger partial charge in [-0.05, 0) is 37.5 Å². The minimum Gasteiger partial charge on any atom is -0.489 e. The summed E-state index contributed by atoms with van der Waals surface area (Å²) in [4.78, 5) is 16.7. The van der Waals surface area contributed by atoms with Crippen molar-refractivity contribution in [2.45, 2.75) is 39.9 Å². The van der Waals surface area contributed by atoms with Crippen molar-refractivity contribution in [1.29, 1.82) is 0 Å². The Morgan fingerprint density at radius 1 is 1.16 bits per heavy atom. The first-order valence-corrected chi connectivity index (χ1v) is 8.38. The predicted octanol–water partition coefficient (Wildman–Crippen LogP) is 4.12. The van der Waals surface area contributed by atoms with Gasteiger partial charge in [-0.3, -0.25) is 0 Å². The van der Waals surface area contributed by atoms with Crippen molar-refractivity contribution in [1.82, 2.24) is 4.98 Å². The predicted molar refractivity (Wildman–Crippen MR) is 96.2 cm³/mol. The van der Waals surface area contributed by atoms with Gasteiger partial charge >= 0.3 is 11.7 Å². The maximum Gasteiger partial charge on any atom is 0.397 e. The highest BCUT2D eigenvalue weighted by Gasteiger charge is 2.14. The van der Waals surface area contributed by atoms with E-state index in [9.17, 15) is 4.79 Å². The highest BCUT2D eigenvalue weighted by atomic mass is 16.6. The summed E-state index contributed by atoms with van der Waals surface area (Å²) in [5, 5.41) is 0.477. The molecule has 3 aromatic rings. The van der Waals surface area contributed by atoms with Gasteiger partial charge in [0, 0.05) is 6.07 Å². The second-order valence-electron chi connectivity index (χ2n) is 6.04. The molecule has 0 spiro atoms. The highest BCUT2D eigenvalue weighted by molar-refractivity contribution is 5.82. The zero-order valence-electron chi connectivity index (χ0n) is 14.6. The molecular weight excluding hydrogens is 318 g/mol. The fourth-order valence-electron chi connectivity index (χ4n) is 2.59. The van der Waals surface area contributed by atoms with E-state index >= 15 is 0 Å².